The maximum Gasteiger partial charge on any atom is 0.370 e. The van der Waals surface area contributed by atoms with Gasteiger partial charge in [0.05, 0.1) is 0 Å². The first-order valence-corrected chi connectivity index (χ1v) is 5.46. The van der Waals surface area contributed by atoms with Gasteiger partial charge in [0.25, 0.3) is 0 Å². The molecule has 6 heterocycles. The first-order valence-electron chi connectivity index (χ1n) is 3.27. The molecule has 0 aromatic rings. The third kappa shape index (κ3) is 0.591. The molecular formula is C3H2O8P2. The highest BCUT2D eigenvalue weighted by Gasteiger charge is 2.94. The summed E-state index contributed by atoms with van der Waals surface area (Å²) in [6, 6.07) is 0. The zero-order chi connectivity index (χ0) is 8.90. The van der Waals surface area contributed by atoms with Crippen molar-refractivity contribution < 1.29 is 37.4 Å². The fourth-order valence-corrected chi connectivity index (χ4v) is 3.63. The van der Waals surface area contributed by atoms with E-state index < -0.39 is 34.9 Å². The van der Waals surface area contributed by atoms with Crippen molar-refractivity contribution in [2.45, 2.75) is 17.7 Å². The minimum Gasteiger partial charge on any atom is -0.339 e. The van der Waals surface area contributed by atoms with Gasteiger partial charge in [-0.1, -0.05) is 0 Å². The predicted molar refractivity (Wildman–Crippen MR) is 33.0 cm³/mol. The topological polar surface area (TPSA) is 95.8 Å². The van der Waals surface area contributed by atoms with Gasteiger partial charge in [-0.2, -0.15) is 0 Å². The summed E-state index contributed by atoms with van der Waals surface area (Å²) in [6.07, 6.45) is 0. The van der Waals surface area contributed by atoms with Crippen molar-refractivity contribution in [1.29, 1.82) is 0 Å². The van der Waals surface area contributed by atoms with Gasteiger partial charge in [-0.25, -0.2) is 18.1 Å². The summed E-state index contributed by atoms with van der Waals surface area (Å²) >= 11 is 0. The lowest BCUT2D eigenvalue weighted by Gasteiger charge is -2.61. The molecule has 0 amide bonds. The first-order chi connectivity index (χ1) is 6.07. The van der Waals surface area contributed by atoms with Gasteiger partial charge >= 0.3 is 34.9 Å². The lowest BCUT2D eigenvalue weighted by atomic mass is 10.2. The molecule has 8 nitrogen and oxygen atoms in total. The van der Waals surface area contributed by atoms with E-state index in [2.05, 4.69) is 4.52 Å². The molecule has 2 N–H and O–H groups in total. The average molecular weight is 228 g/mol. The van der Waals surface area contributed by atoms with Gasteiger partial charge < -0.3 is 10.2 Å². The van der Waals surface area contributed by atoms with Crippen molar-refractivity contribution in [3.05, 3.63) is 0 Å². The Hall–Kier alpha value is 0.540. The highest BCUT2D eigenvalue weighted by molar-refractivity contribution is 7.45. The van der Waals surface area contributed by atoms with Gasteiger partial charge in [0.15, 0.2) is 0 Å². The summed E-state index contributed by atoms with van der Waals surface area (Å²) in [5.74, 6) is -6.12. The maximum absolute atomic E-state index is 9.35. The zero-order valence-electron chi connectivity index (χ0n) is 5.74. The van der Waals surface area contributed by atoms with E-state index in [0.717, 1.165) is 0 Å². The van der Waals surface area contributed by atoms with E-state index >= 15 is 0 Å². The van der Waals surface area contributed by atoms with Gasteiger partial charge in [0.1, 0.15) is 0 Å². The van der Waals surface area contributed by atoms with Gasteiger partial charge in [-0.3, -0.25) is 9.05 Å². The molecule has 6 fully saturated rings. The second kappa shape index (κ2) is 1.79. The van der Waals surface area contributed by atoms with E-state index in [1.807, 2.05) is 0 Å². The smallest absolute Gasteiger partial charge is 0.339 e. The fraction of sp³-hybridized carbons (Fsp3) is 1.00. The van der Waals surface area contributed by atoms with Crippen molar-refractivity contribution in [2.24, 2.45) is 0 Å². The Morgan fingerprint density at radius 3 is 1.62 bits per heavy atom. The van der Waals surface area contributed by atoms with E-state index in [-0.39, 0.29) is 0 Å². The van der Waals surface area contributed by atoms with Crippen LogP contribution in [0.5, 0.6) is 0 Å². The van der Waals surface area contributed by atoms with E-state index in [1.165, 1.54) is 0 Å². The summed E-state index contributed by atoms with van der Waals surface area (Å²) < 4.78 is 29.3. The lowest BCUT2D eigenvalue weighted by Crippen LogP contribution is -2.77. The van der Waals surface area contributed by atoms with Crippen LogP contribution < -0.4 is 0 Å². The minimum absolute atomic E-state index is 1.32. The highest BCUT2D eigenvalue weighted by atomic mass is 31.2. The molecular weight excluding hydrogens is 226 g/mol. The van der Waals surface area contributed by atoms with Gasteiger partial charge in [-0.15, -0.1) is 0 Å². The van der Waals surface area contributed by atoms with Crippen LogP contribution in [-0.2, 0) is 27.1 Å². The van der Waals surface area contributed by atoms with E-state index in [9.17, 15) is 10.2 Å². The van der Waals surface area contributed by atoms with E-state index in [4.69, 9.17) is 22.6 Å². The largest absolute Gasteiger partial charge is 0.370 e. The molecule has 0 spiro atoms. The van der Waals surface area contributed by atoms with Crippen molar-refractivity contribution in [3.63, 3.8) is 0 Å². The van der Waals surface area contributed by atoms with Crippen LogP contribution in [0.3, 0.4) is 0 Å². The fourth-order valence-electron chi connectivity index (χ4n) is 1.34. The molecule has 0 aliphatic carbocycles. The van der Waals surface area contributed by atoms with Crippen LogP contribution in [0.25, 0.3) is 0 Å². The van der Waals surface area contributed by atoms with Crippen molar-refractivity contribution in [3.8, 4) is 0 Å². The van der Waals surface area contributed by atoms with Gasteiger partial charge in [0.2, 0.25) is 0 Å². The standard InChI is InChI=1S/C3H2O8P2/c4-2(5)1(6-12(7-1)8-2)3-9-13(10-3)11-3/h4-5H. The summed E-state index contributed by atoms with van der Waals surface area (Å²) in [7, 11) is -3.02. The molecule has 4 bridgehead atoms. The van der Waals surface area contributed by atoms with E-state index in [0.29, 0.717) is 0 Å². The summed E-state index contributed by atoms with van der Waals surface area (Å²) in [4.78, 5) is 0. The molecule has 10 heteroatoms. The monoisotopic (exact) mass is 228 g/mol. The van der Waals surface area contributed by atoms with Crippen LogP contribution in [0, 0.1) is 0 Å². The Morgan fingerprint density at radius 1 is 0.769 bits per heavy atom. The molecule has 0 aromatic carbocycles. The highest BCUT2D eigenvalue weighted by Crippen LogP contribution is 2.86. The SMILES string of the molecule is OC1(O)OP2OC1(C13OP(O1)O3)O2. The molecule has 6 rings (SSSR count). The van der Waals surface area contributed by atoms with Crippen molar-refractivity contribution >= 4 is 17.2 Å². The second-order valence-corrected chi connectivity index (χ2v) is 4.77. The normalized spacial score (nSPS) is 65.1. The zero-order valence-corrected chi connectivity index (χ0v) is 7.53. The maximum atomic E-state index is 9.35. The molecule has 6 aliphatic heterocycles. The lowest BCUT2D eigenvalue weighted by molar-refractivity contribution is -0.554. The Bertz CT molecular complexity index is 281. The molecule has 0 aromatic heterocycles. The molecule has 13 heavy (non-hydrogen) atoms. The van der Waals surface area contributed by atoms with Crippen LogP contribution in [0.1, 0.15) is 0 Å². The quantitative estimate of drug-likeness (QED) is 0.461. The van der Waals surface area contributed by atoms with Crippen molar-refractivity contribution in [2.75, 3.05) is 0 Å². The van der Waals surface area contributed by atoms with Crippen LogP contribution in [0.2, 0.25) is 0 Å². The van der Waals surface area contributed by atoms with E-state index in [1.54, 1.807) is 0 Å². The Kier molecular flexibility index (Phi) is 1.07. The first kappa shape index (κ1) is 7.78. The third-order valence-corrected chi connectivity index (χ3v) is 4.41. The number of hydrogen-bond acceptors (Lipinski definition) is 8. The molecule has 0 saturated carbocycles. The Labute approximate surface area is 73.2 Å². The molecule has 6 aliphatic rings. The molecule has 0 radical (unpaired) electrons. The molecule has 0 unspecified atom stereocenters. The number of aliphatic hydroxyl groups is 2. The molecule has 0 atom stereocenters. The van der Waals surface area contributed by atoms with Gasteiger partial charge in [-0.05, 0) is 0 Å². The van der Waals surface area contributed by atoms with Crippen molar-refractivity contribution in [1.82, 2.24) is 0 Å². The third-order valence-electron chi connectivity index (χ3n) is 2.02. The number of fused-ring (bicyclic) bond motifs is 1. The Balaban J connectivity index is 1.78. The molecule has 72 valence electrons. The summed E-state index contributed by atoms with van der Waals surface area (Å²) in [6.45, 7) is 0. The number of rotatable bonds is 1. The van der Waals surface area contributed by atoms with Gasteiger partial charge in [0, 0.05) is 0 Å². The van der Waals surface area contributed by atoms with Crippen LogP contribution in [0.4, 0.5) is 0 Å². The second-order valence-electron chi connectivity index (χ2n) is 2.78. The Morgan fingerprint density at radius 2 is 1.31 bits per heavy atom. The average Bonchev–Trinajstić information content (AvgIpc) is 2.04. The van der Waals surface area contributed by atoms with Crippen LogP contribution >= 0.6 is 17.2 Å². The number of hydrogen-bond donors (Lipinski definition) is 2. The van der Waals surface area contributed by atoms with Crippen LogP contribution in [-0.4, -0.2) is 27.9 Å². The summed E-state index contributed by atoms with van der Waals surface area (Å²) in [5.41, 5.74) is 0. The summed E-state index contributed by atoms with van der Waals surface area (Å²) in [5, 5.41) is 18.7. The van der Waals surface area contributed by atoms with Crippen LogP contribution in [0.15, 0.2) is 0 Å². The minimum atomic E-state index is -2.58. The molecule has 6 saturated heterocycles. The predicted octanol–water partition coefficient (Wildman–Crippen LogP) is -0.417.